The van der Waals surface area contributed by atoms with Gasteiger partial charge in [0.1, 0.15) is 0 Å². The predicted octanol–water partition coefficient (Wildman–Crippen LogP) is 3.98. The van der Waals surface area contributed by atoms with Crippen LogP contribution < -0.4 is 0 Å². The number of fused-ring (bicyclic) bond motifs is 3. The molecular weight excluding hydrogens is 220 g/mol. The van der Waals surface area contributed by atoms with E-state index in [1.807, 2.05) is 6.07 Å². The molecule has 1 nitrogen and oxygen atoms in total. The molecule has 1 heteroatoms. The molecular formula is C17H12O. The molecule has 4 rings (SSSR count). The average molecular weight is 232 g/mol. The fourth-order valence-corrected chi connectivity index (χ4v) is 2.94. The Labute approximate surface area is 105 Å². The van der Waals surface area contributed by atoms with Crippen molar-refractivity contribution in [2.45, 2.75) is 6.61 Å². The minimum Gasteiger partial charge on any atom is -0.392 e. The smallest absolute Gasteiger partial charge is 0.0682 e. The van der Waals surface area contributed by atoms with Gasteiger partial charge in [-0.2, -0.15) is 0 Å². The van der Waals surface area contributed by atoms with Crippen molar-refractivity contribution in [1.29, 1.82) is 0 Å². The Morgan fingerprint density at radius 2 is 1.44 bits per heavy atom. The van der Waals surface area contributed by atoms with Crippen LogP contribution in [-0.2, 0) is 6.61 Å². The Bertz CT molecular complexity index is 766. The van der Waals surface area contributed by atoms with E-state index in [1.165, 1.54) is 33.0 Å². The third-order valence-corrected chi connectivity index (χ3v) is 3.75. The van der Waals surface area contributed by atoms with Crippen molar-refractivity contribution < 1.29 is 5.11 Å². The van der Waals surface area contributed by atoms with Crippen LogP contribution in [0.5, 0.6) is 0 Å². The summed E-state index contributed by atoms with van der Waals surface area (Å²) in [5.74, 6) is 0. The second-order valence-electron chi connectivity index (χ2n) is 4.75. The highest BCUT2D eigenvalue weighted by Crippen LogP contribution is 2.47. The molecule has 0 saturated carbocycles. The van der Waals surface area contributed by atoms with E-state index >= 15 is 0 Å². The molecule has 1 aliphatic carbocycles. The van der Waals surface area contributed by atoms with Gasteiger partial charge < -0.3 is 5.11 Å². The summed E-state index contributed by atoms with van der Waals surface area (Å²) in [4.78, 5) is 0. The zero-order valence-corrected chi connectivity index (χ0v) is 9.85. The Kier molecular flexibility index (Phi) is 1.88. The lowest BCUT2D eigenvalue weighted by molar-refractivity contribution is 0.282. The molecule has 18 heavy (non-hydrogen) atoms. The van der Waals surface area contributed by atoms with Gasteiger partial charge in [0.2, 0.25) is 0 Å². The van der Waals surface area contributed by atoms with Crippen molar-refractivity contribution in [3.8, 4) is 22.3 Å². The van der Waals surface area contributed by atoms with E-state index in [4.69, 9.17) is 0 Å². The first kappa shape index (κ1) is 9.86. The number of aliphatic hydroxyl groups is 1. The van der Waals surface area contributed by atoms with Crippen molar-refractivity contribution >= 4 is 10.8 Å². The van der Waals surface area contributed by atoms with Gasteiger partial charge in [0, 0.05) is 0 Å². The van der Waals surface area contributed by atoms with Gasteiger partial charge in [-0.3, -0.25) is 0 Å². The van der Waals surface area contributed by atoms with Crippen LogP contribution in [0.2, 0.25) is 0 Å². The number of hydrogen-bond donors (Lipinski definition) is 1. The van der Waals surface area contributed by atoms with Gasteiger partial charge >= 0.3 is 0 Å². The second kappa shape index (κ2) is 3.44. The fraction of sp³-hybridized carbons (Fsp3) is 0.0588. The first-order valence-electron chi connectivity index (χ1n) is 6.15. The third-order valence-electron chi connectivity index (χ3n) is 3.75. The van der Waals surface area contributed by atoms with Gasteiger partial charge in [-0.15, -0.1) is 0 Å². The topological polar surface area (TPSA) is 20.2 Å². The molecule has 0 bridgehead atoms. The van der Waals surface area contributed by atoms with Crippen molar-refractivity contribution in [2.75, 3.05) is 0 Å². The van der Waals surface area contributed by atoms with Crippen LogP contribution in [0.4, 0.5) is 0 Å². The molecule has 1 aliphatic rings. The monoisotopic (exact) mass is 232 g/mol. The minimum atomic E-state index is 0.0968. The maximum atomic E-state index is 9.28. The number of benzene rings is 3. The van der Waals surface area contributed by atoms with Crippen molar-refractivity contribution in [3.63, 3.8) is 0 Å². The summed E-state index contributed by atoms with van der Waals surface area (Å²) in [6.07, 6.45) is 0. The van der Waals surface area contributed by atoms with Gasteiger partial charge in [-0.25, -0.2) is 0 Å². The summed E-state index contributed by atoms with van der Waals surface area (Å²) in [5.41, 5.74) is 6.09. The SMILES string of the molecule is OCc1ccc2c(c1)-c1cccc3cccc-2c13. The van der Waals surface area contributed by atoms with Crippen molar-refractivity contribution in [2.24, 2.45) is 0 Å². The lowest BCUT2D eigenvalue weighted by Crippen LogP contribution is -1.84. The Balaban J connectivity index is 2.17. The maximum Gasteiger partial charge on any atom is 0.0682 e. The summed E-state index contributed by atoms with van der Waals surface area (Å²) in [6.45, 7) is 0.0968. The first-order valence-corrected chi connectivity index (χ1v) is 6.15. The third kappa shape index (κ3) is 1.14. The molecule has 0 radical (unpaired) electrons. The molecule has 0 amide bonds. The predicted molar refractivity (Wildman–Crippen MR) is 74.3 cm³/mol. The van der Waals surface area contributed by atoms with Crippen molar-refractivity contribution in [3.05, 3.63) is 60.2 Å². The van der Waals surface area contributed by atoms with Gasteiger partial charge in [0.15, 0.2) is 0 Å². The van der Waals surface area contributed by atoms with Crippen LogP contribution in [-0.4, -0.2) is 5.11 Å². The Morgan fingerprint density at radius 1 is 0.722 bits per heavy atom. The first-order chi connectivity index (χ1) is 8.88. The van der Waals surface area contributed by atoms with Gasteiger partial charge in [0.25, 0.3) is 0 Å². The molecule has 86 valence electrons. The Morgan fingerprint density at radius 3 is 2.17 bits per heavy atom. The minimum absolute atomic E-state index is 0.0968. The van der Waals surface area contributed by atoms with E-state index in [1.54, 1.807) is 0 Å². The average Bonchev–Trinajstić information content (AvgIpc) is 2.76. The molecule has 0 fully saturated rings. The van der Waals surface area contributed by atoms with E-state index in [-0.39, 0.29) is 6.61 Å². The molecule has 0 unspecified atom stereocenters. The summed E-state index contributed by atoms with van der Waals surface area (Å²) in [6, 6.07) is 19.1. The summed E-state index contributed by atoms with van der Waals surface area (Å²) in [7, 11) is 0. The van der Waals surface area contributed by atoms with E-state index < -0.39 is 0 Å². The number of hydrogen-bond acceptors (Lipinski definition) is 1. The summed E-state index contributed by atoms with van der Waals surface area (Å²) in [5, 5.41) is 11.9. The second-order valence-corrected chi connectivity index (χ2v) is 4.75. The van der Waals surface area contributed by atoms with E-state index in [0.717, 1.165) is 5.56 Å². The lowest BCUT2D eigenvalue weighted by atomic mass is 10.0. The molecule has 1 N–H and O–H groups in total. The van der Waals surface area contributed by atoms with Crippen LogP contribution in [0.1, 0.15) is 5.56 Å². The van der Waals surface area contributed by atoms with Crippen LogP contribution in [0, 0.1) is 0 Å². The highest BCUT2D eigenvalue weighted by Gasteiger charge is 2.20. The molecule has 3 aromatic carbocycles. The molecule has 3 aromatic rings. The quantitative estimate of drug-likeness (QED) is 0.526. The zero-order chi connectivity index (χ0) is 12.1. The molecule has 0 aromatic heterocycles. The Hall–Kier alpha value is -2.12. The standard InChI is InChI=1S/C17H12O/c18-10-11-7-8-13-14-5-1-3-12-4-2-6-15(17(12)14)16(13)9-11/h1-9,18H,10H2. The molecule has 0 saturated heterocycles. The fourth-order valence-electron chi connectivity index (χ4n) is 2.94. The molecule has 0 heterocycles. The van der Waals surface area contributed by atoms with Crippen LogP contribution in [0.3, 0.4) is 0 Å². The lowest BCUT2D eigenvalue weighted by Gasteiger charge is -2.03. The normalized spacial score (nSPS) is 11.8. The van der Waals surface area contributed by atoms with Crippen LogP contribution in [0.15, 0.2) is 54.6 Å². The summed E-state index contributed by atoms with van der Waals surface area (Å²) >= 11 is 0. The van der Waals surface area contributed by atoms with Crippen LogP contribution in [0.25, 0.3) is 33.0 Å². The highest BCUT2D eigenvalue weighted by molar-refractivity contribution is 6.15. The summed E-state index contributed by atoms with van der Waals surface area (Å²) < 4.78 is 0. The highest BCUT2D eigenvalue weighted by atomic mass is 16.3. The largest absolute Gasteiger partial charge is 0.392 e. The molecule has 0 atom stereocenters. The van der Waals surface area contributed by atoms with Crippen LogP contribution >= 0.6 is 0 Å². The number of aliphatic hydroxyl groups excluding tert-OH is 1. The van der Waals surface area contributed by atoms with E-state index in [2.05, 4.69) is 48.5 Å². The maximum absolute atomic E-state index is 9.28. The van der Waals surface area contributed by atoms with Gasteiger partial charge in [0.05, 0.1) is 6.61 Å². The number of rotatable bonds is 1. The van der Waals surface area contributed by atoms with E-state index in [0.29, 0.717) is 0 Å². The van der Waals surface area contributed by atoms with E-state index in [9.17, 15) is 5.11 Å². The van der Waals surface area contributed by atoms with Crippen molar-refractivity contribution in [1.82, 2.24) is 0 Å². The van der Waals surface area contributed by atoms with Gasteiger partial charge in [-0.05, 0) is 44.7 Å². The molecule has 0 aliphatic heterocycles. The zero-order valence-electron chi connectivity index (χ0n) is 9.85. The van der Waals surface area contributed by atoms with Gasteiger partial charge in [-0.1, -0.05) is 48.5 Å². The molecule has 0 spiro atoms.